The molecule has 0 saturated carbocycles. The molecule has 1 aromatic carbocycles. The summed E-state index contributed by atoms with van der Waals surface area (Å²) < 4.78 is 4.81. The lowest BCUT2D eigenvalue weighted by Gasteiger charge is -2.07. The first-order valence-electron chi connectivity index (χ1n) is 6.12. The molecule has 102 valence electrons. The van der Waals surface area contributed by atoms with Gasteiger partial charge in [-0.05, 0) is 31.9 Å². The van der Waals surface area contributed by atoms with Gasteiger partial charge in [-0.25, -0.2) is 4.79 Å². The van der Waals surface area contributed by atoms with Gasteiger partial charge in [-0.2, -0.15) is 0 Å². The van der Waals surface area contributed by atoms with E-state index in [-0.39, 0.29) is 12.5 Å². The molecule has 0 atom stereocenters. The van der Waals surface area contributed by atoms with Crippen LogP contribution in [0.1, 0.15) is 25.0 Å². The summed E-state index contributed by atoms with van der Waals surface area (Å²) in [4.78, 5) is 22.7. The quantitative estimate of drug-likeness (QED) is 0.652. The number of carbonyl (C=O) groups is 2. The summed E-state index contributed by atoms with van der Waals surface area (Å²) in [5, 5.41) is 2.71. The minimum Gasteiger partial charge on any atom is -0.452 e. The van der Waals surface area contributed by atoms with E-state index in [9.17, 15) is 9.59 Å². The van der Waals surface area contributed by atoms with Gasteiger partial charge in [0.2, 0.25) is 0 Å². The minimum atomic E-state index is -0.494. The van der Waals surface area contributed by atoms with Crippen molar-refractivity contribution in [1.82, 2.24) is 5.32 Å². The molecule has 4 heteroatoms. The SMILES string of the molecule is CC(C)=CC(=O)OCC(=O)NCc1ccccc1C. The third-order valence-electron chi connectivity index (χ3n) is 2.49. The summed E-state index contributed by atoms with van der Waals surface area (Å²) in [5.74, 6) is -0.801. The number of allylic oxidation sites excluding steroid dienone is 1. The molecular weight excluding hydrogens is 242 g/mol. The monoisotopic (exact) mass is 261 g/mol. The molecule has 0 aliphatic carbocycles. The largest absolute Gasteiger partial charge is 0.452 e. The van der Waals surface area contributed by atoms with E-state index in [2.05, 4.69) is 5.32 Å². The van der Waals surface area contributed by atoms with Crippen LogP contribution in [0.15, 0.2) is 35.9 Å². The lowest BCUT2D eigenvalue weighted by molar-refractivity contribution is -0.143. The van der Waals surface area contributed by atoms with Crippen molar-refractivity contribution in [2.45, 2.75) is 27.3 Å². The average Bonchev–Trinajstić information content (AvgIpc) is 2.34. The number of esters is 1. The van der Waals surface area contributed by atoms with Gasteiger partial charge in [0.1, 0.15) is 0 Å². The standard InChI is InChI=1S/C15H19NO3/c1-11(2)8-15(18)19-10-14(17)16-9-13-7-5-4-6-12(13)3/h4-8H,9-10H2,1-3H3,(H,16,17). The maximum Gasteiger partial charge on any atom is 0.331 e. The predicted molar refractivity (Wildman–Crippen MR) is 73.4 cm³/mol. The Kier molecular flexibility index (Phi) is 5.79. The Balaban J connectivity index is 2.35. The van der Waals surface area contributed by atoms with Crippen LogP contribution in [0.5, 0.6) is 0 Å². The van der Waals surface area contributed by atoms with E-state index in [0.29, 0.717) is 6.54 Å². The van der Waals surface area contributed by atoms with E-state index in [0.717, 1.165) is 16.7 Å². The van der Waals surface area contributed by atoms with E-state index in [1.54, 1.807) is 13.8 Å². The van der Waals surface area contributed by atoms with E-state index in [4.69, 9.17) is 4.74 Å². The van der Waals surface area contributed by atoms with Crippen LogP contribution in [0.4, 0.5) is 0 Å². The molecule has 0 saturated heterocycles. The molecule has 0 spiro atoms. The van der Waals surface area contributed by atoms with Crippen molar-refractivity contribution in [3.63, 3.8) is 0 Å². The third kappa shape index (κ3) is 5.86. The van der Waals surface area contributed by atoms with E-state index in [1.807, 2.05) is 31.2 Å². The highest BCUT2D eigenvalue weighted by molar-refractivity contribution is 5.86. The van der Waals surface area contributed by atoms with Crippen molar-refractivity contribution in [2.24, 2.45) is 0 Å². The van der Waals surface area contributed by atoms with Gasteiger partial charge in [-0.1, -0.05) is 29.8 Å². The number of rotatable bonds is 5. The number of amides is 1. The van der Waals surface area contributed by atoms with Crippen molar-refractivity contribution in [2.75, 3.05) is 6.61 Å². The van der Waals surface area contributed by atoms with Gasteiger partial charge in [0.15, 0.2) is 6.61 Å². The fourth-order valence-electron chi connectivity index (χ4n) is 1.47. The van der Waals surface area contributed by atoms with E-state index < -0.39 is 5.97 Å². The summed E-state index contributed by atoms with van der Waals surface area (Å²) in [7, 11) is 0. The topological polar surface area (TPSA) is 55.4 Å². The van der Waals surface area contributed by atoms with Crippen LogP contribution in [-0.2, 0) is 20.9 Å². The molecule has 1 N–H and O–H groups in total. The van der Waals surface area contributed by atoms with Crippen molar-refractivity contribution >= 4 is 11.9 Å². The number of hydrogen-bond acceptors (Lipinski definition) is 3. The number of nitrogens with one attached hydrogen (secondary N) is 1. The molecule has 1 rings (SSSR count). The van der Waals surface area contributed by atoms with Gasteiger partial charge < -0.3 is 10.1 Å². The summed E-state index contributed by atoms with van der Waals surface area (Å²) >= 11 is 0. The average molecular weight is 261 g/mol. The zero-order chi connectivity index (χ0) is 14.3. The van der Waals surface area contributed by atoms with Crippen LogP contribution >= 0.6 is 0 Å². The smallest absolute Gasteiger partial charge is 0.331 e. The van der Waals surface area contributed by atoms with Gasteiger partial charge in [0.05, 0.1) is 0 Å². The predicted octanol–water partition coefficient (Wildman–Crippen LogP) is 2.12. The highest BCUT2D eigenvalue weighted by Gasteiger charge is 2.05. The van der Waals surface area contributed by atoms with Crippen LogP contribution in [0.3, 0.4) is 0 Å². The fraction of sp³-hybridized carbons (Fsp3) is 0.333. The first-order chi connectivity index (χ1) is 8.99. The maximum atomic E-state index is 11.5. The number of ether oxygens (including phenoxy) is 1. The van der Waals surface area contributed by atoms with Crippen LogP contribution in [0, 0.1) is 6.92 Å². The molecule has 0 radical (unpaired) electrons. The molecule has 0 bridgehead atoms. The molecule has 0 heterocycles. The maximum absolute atomic E-state index is 11.5. The summed E-state index contributed by atoms with van der Waals surface area (Å²) in [6, 6.07) is 7.80. The molecule has 0 fully saturated rings. The van der Waals surface area contributed by atoms with Crippen LogP contribution in [0.2, 0.25) is 0 Å². The zero-order valence-electron chi connectivity index (χ0n) is 11.5. The molecular formula is C15H19NO3. The number of hydrogen-bond donors (Lipinski definition) is 1. The van der Waals surface area contributed by atoms with Crippen molar-refractivity contribution in [3.05, 3.63) is 47.0 Å². The Hall–Kier alpha value is -2.10. The summed E-state index contributed by atoms with van der Waals surface area (Å²) in [5.41, 5.74) is 3.00. The molecule has 4 nitrogen and oxygen atoms in total. The fourth-order valence-corrected chi connectivity index (χ4v) is 1.47. The Morgan fingerprint density at radius 3 is 2.58 bits per heavy atom. The first-order valence-corrected chi connectivity index (χ1v) is 6.12. The second-order valence-corrected chi connectivity index (χ2v) is 4.53. The first kappa shape index (κ1) is 15.0. The van der Waals surface area contributed by atoms with Gasteiger partial charge >= 0.3 is 5.97 Å². The molecule has 1 amide bonds. The van der Waals surface area contributed by atoms with Crippen LogP contribution in [-0.4, -0.2) is 18.5 Å². The Labute approximate surface area is 113 Å². The molecule has 0 aromatic heterocycles. The molecule has 1 aromatic rings. The third-order valence-corrected chi connectivity index (χ3v) is 2.49. The molecule has 0 unspecified atom stereocenters. The van der Waals surface area contributed by atoms with Gasteiger partial charge in [-0.15, -0.1) is 0 Å². The van der Waals surface area contributed by atoms with Crippen molar-refractivity contribution in [1.29, 1.82) is 0 Å². The molecule has 19 heavy (non-hydrogen) atoms. The number of benzene rings is 1. The van der Waals surface area contributed by atoms with Gasteiger partial charge in [-0.3, -0.25) is 4.79 Å². The van der Waals surface area contributed by atoms with Gasteiger partial charge in [0.25, 0.3) is 5.91 Å². The molecule has 0 aliphatic rings. The van der Waals surface area contributed by atoms with Crippen LogP contribution < -0.4 is 5.32 Å². The lowest BCUT2D eigenvalue weighted by Crippen LogP contribution is -2.28. The second kappa shape index (κ2) is 7.36. The van der Waals surface area contributed by atoms with Crippen molar-refractivity contribution in [3.8, 4) is 0 Å². The summed E-state index contributed by atoms with van der Waals surface area (Å²) in [6.07, 6.45) is 1.36. The minimum absolute atomic E-state index is 0.255. The zero-order valence-corrected chi connectivity index (χ0v) is 11.5. The van der Waals surface area contributed by atoms with Crippen molar-refractivity contribution < 1.29 is 14.3 Å². The van der Waals surface area contributed by atoms with Gasteiger partial charge in [0, 0.05) is 12.6 Å². The lowest BCUT2D eigenvalue weighted by atomic mass is 10.1. The Bertz CT molecular complexity index is 488. The number of carbonyl (C=O) groups excluding carboxylic acids is 2. The second-order valence-electron chi connectivity index (χ2n) is 4.53. The summed E-state index contributed by atoms with van der Waals surface area (Å²) in [6.45, 7) is 5.75. The highest BCUT2D eigenvalue weighted by Crippen LogP contribution is 2.05. The number of aryl methyl sites for hydroxylation is 1. The van der Waals surface area contributed by atoms with Crippen LogP contribution in [0.25, 0.3) is 0 Å². The Morgan fingerprint density at radius 1 is 1.26 bits per heavy atom. The van der Waals surface area contributed by atoms with E-state index >= 15 is 0 Å². The van der Waals surface area contributed by atoms with E-state index in [1.165, 1.54) is 6.08 Å². The highest BCUT2D eigenvalue weighted by atomic mass is 16.5. The normalized spacial score (nSPS) is 9.63. The Morgan fingerprint density at radius 2 is 1.95 bits per heavy atom. The molecule has 0 aliphatic heterocycles.